The van der Waals surface area contributed by atoms with Crippen LogP contribution in [0.1, 0.15) is 458 Å². The minimum Gasteiger partial charge on any atom is -0.462 e. The fraction of sp³-hybridized carbons (Fsp3) is 0.953. The van der Waals surface area contributed by atoms with E-state index in [-0.39, 0.29) is 25.7 Å². The molecular formula is C85H166O17P2. The predicted octanol–water partition coefficient (Wildman–Crippen LogP) is 26.0. The van der Waals surface area contributed by atoms with Crippen LogP contribution in [0.2, 0.25) is 0 Å². The maximum absolute atomic E-state index is 13.1. The molecule has 0 fully saturated rings. The van der Waals surface area contributed by atoms with E-state index >= 15 is 0 Å². The summed E-state index contributed by atoms with van der Waals surface area (Å²) in [6, 6.07) is 0. The number of hydrogen-bond donors (Lipinski definition) is 3. The van der Waals surface area contributed by atoms with E-state index in [0.717, 1.165) is 95.8 Å². The van der Waals surface area contributed by atoms with Gasteiger partial charge in [0.1, 0.15) is 19.3 Å². The number of hydrogen-bond acceptors (Lipinski definition) is 15. The summed E-state index contributed by atoms with van der Waals surface area (Å²) < 4.78 is 68.9. The summed E-state index contributed by atoms with van der Waals surface area (Å²) in [6.07, 6.45) is 70.8. The third-order valence-corrected chi connectivity index (χ3v) is 21.9. The average Bonchev–Trinajstić information content (AvgIpc) is 0.918. The smallest absolute Gasteiger partial charge is 0.462 e. The lowest BCUT2D eigenvalue weighted by Crippen LogP contribution is -2.30. The van der Waals surface area contributed by atoms with Gasteiger partial charge in [-0.15, -0.1) is 0 Å². The van der Waals surface area contributed by atoms with E-state index in [9.17, 15) is 43.2 Å². The minimum atomic E-state index is -4.96. The SMILES string of the molecule is CCCCCCCCCCCCCCCCCCCCC(=O)OC[C@H](COP(=O)(O)OC[C@@H](O)COP(=O)(O)OC[C@@H](COC(=O)CCCCCCCCCCC(C)C)OC(=O)CCCCCCCCCCCCCCCCCCC)OC(=O)CCCCCCCCCCCCCCCCCCCC. The van der Waals surface area contributed by atoms with Crippen LogP contribution in [0.5, 0.6) is 0 Å². The monoisotopic (exact) mass is 1520 g/mol. The molecule has 19 heteroatoms. The zero-order valence-corrected chi connectivity index (χ0v) is 70.0. The van der Waals surface area contributed by atoms with E-state index < -0.39 is 97.5 Å². The molecule has 0 aliphatic heterocycles. The van der Waals surface area contributed by atoms with Crippen LogP contribution in [0, 0.1) is 5.92 Å². The summed E-state index contributed by atoms with van der Waals surface area (Å²) >= 11 is 0. The molecule has 0 spiro atoms. The number of carbonyl (C=O) groups excluding carboxylic acids is 4. The zero-order chi connectivity index (χ0) is 76.2. The molecule has 104 heavy (non-hydrogen) atoms. The van der Waals surface area contributed by atoms with E-state index in [2.05, 4.69) is 34.6 Å². The Kier molecular flexibility index (Phi) is 76.3. The number of carbonyl (C=O) groups is 4. The maximum Gasteiger partial charge on any atom is 0.472 e. The molecule has 618 valence electrons. The third kappa shape index (κ3) is 78.2. The fourth-order valence-corrected chi connectivity index (χ4v) is 14.9. The van der Waals surface area contributed by atoms with Crippen LogP contribution in [-0.4, -0.2) is 96.7 Å². The molecule has 17 nitrogen and oxygen atoms in total. The van der Waals surface area contributed by atoms with Crippen LogP contribution in [0.25, 0.3) is 0 Å². The van der Waals surface area contributed by atoms with E-state index in [1.165, 1.54) is 283 Å². The van der Waals surface area contributed by atoms with Crippen molar-refractivity contribution in [2.45, 2.75) is 477 Å². The first-order valence-electron chi connectivity index (χ1n) is 44.1. The van der Waals surface area contributed by atoms with Crippen molar-refractivity contribution < 1.29 is 80.2 Å². The highest BCUT2D eigenvalue weighted by molar-refractivity contribution is 7.47. The molecule has 0 aromatic rings. The van der Waals surface area contributed by atoms with E-state index in [1.54, 1.807) is 0 Å². The van der Waals surface area contributed by atoms with Gasteiger partial charge in [0.15, 0.2) is 12.2 Å². The van der Waals surface area contributed by atoms with Crippen molar-refractivity contribution in [2.75, 3.05) is 39.6 Å². The molecule has 0 aromatic heterocycles. The summed E-state index contributed by atoms with van der Waals surface area (Å²) in [5.41, 5.74) is 0. The second kappa shape index (κ2) is 77.8. The molecule has 0 saturated carbocycles. The first-order chi connectivity index (χ1) is 50.5. The van der Waals surface area contributed by atoms with Crippen LogP contribution in [0.4, 0.5) is 0 Å². The Balaban J connectivity index is 5.24. The molecule has 2 unspecified atom stereocenters. The van der Waals surface area contributed by atoms with Crippen molar-refractivity contribution in [1.82, 2.24) is 0 Å². The second-order valence-electron chi connectivity index (χ2n) is 31.1. The molecular weight excluding hydrogens is 1350 g/mol. The molecule has 0 aliphatic rings. The van der Waals surface area contributed by atoms with Crippen LogP contribution in [-0.2, 0) is 65.4 Å². The number of phosphoric ester groups is 2. The molecule has 0 saturated heterocycles. The summed E-state index contributed by atoms with van der Waals surface area (Å²) in [4.78, 5) is 73.2. The summed E-state index contributed by atoms with van der Waals surface area (Å²) in [7, 11) is -9.93. The quantitative estimate of drug-likeness (QED) is 0.0222. The summed E-state index contributed by atoms with van der Waals surface area (Å²) in [5.74, 6) is -1.37. The van der Waals surface area contributed by atoms with Crippen molar-refractivity contribution in [1.29, 1.82) is 0 Å². The number of ether oxygens (including phenoxy) is 4. The minimum absolute atomic E-state index is 0.108. The average molecular weight is 1520 g/mol. The Hall–Kier alpha value is -1.94. The Bertz CT molecular complexity index is 1980. The van der Waals surface area contributed by atoms with Gasteiger partial charge in [-0.1, -0.05) is 407 Å². The largest absolute Gasteiger partial charge is 0.472 e. The Morgan fingerprint density at radius 3 is 0.654 bits per heavy atom. The molecule has 3 N–H and O–H groups in total. The molecule has 0 amide bonds. The highest BCUT2D eigenvalue weighted by atomic mass is 31.2. The molecule has 0 bridgehead atoms. The predicted molar refractivity (Wildman–Crippen MR) is 428 cm³/mol. The topological polar surface area (TPSA) is 237 Å². The van der Waals surface area contributed by atoms with Gasteiger partial charge in [0, 0.05) is 25.7 Å². The van der Waals surface area contributed by atoms with Crippen molar-refractivity contribution in [2.24, 2.45) is 5.92 Å². The maximum atomic E-state index is 13.1. The van der Waals surface area contributed by atoms with E-state index in [4.69, 9.17) is 37.0 Å². The van der Waals surface area contributed by atoms with Gasteiger partial charge >= 0.3 is 39.5 Å². The Morgan fingerprint density at radius 1 is 0.260 bits per heavy atom. The molecule has 0 heterocycles. The lowest BCUT2D eigenvalue weighted by atomic mass is 10.0. The first kappa shape index (κ1) is 102. The normalized spacial score (nSPS) is 13.8. The van der Waals surface area contributed by atoms with Crippen molar-refractivity contribution in [3.8, 4) is 0 Å². The van der Waals surface area contributed by atoms with Gasteiger partial charge in [-0.25, -0.2) is 9.13 Å². The highest BCUT2D eigenvalue weighted by Gasteiger charge is 2.30. The summed E-state index contributed by atoms with van der Waals surface area (Å²) in [5, 5.41) is 10.7. The number of phosphoric acid groups is 2. The van der Waals surface area contributed by atoms with Crippen LogP contribution in [0.3, 0.4) is 0 Å². The molecule has 0 aromatic carbocycles. The van der Waals surface area contributed by atoms with Crippen LogP contribution in [0.15, 0.2) is 0 Å². The molecule has 0 radical (unpaired) electrons. The fourth-order valence-electron chi connectivity index (χ4n) is 13.3. The highest BCUT2D eigenvalue weighted by Crippen LogP contribution is 2.45. The van der Waals surface area contributed by atoms with Gasteiger partial charge in [-0.3, -0.25) is 37.3 Å². The number of esters is 4. The zero-order valence-electron chi connectivity index (χ0n) is 68.2. The Morgan fingerprint density at radius 2 is 0.442 bits per heavy atom. The molecule has 0 rings (SSSR count). The van der Waals surface area contributed by atoms with Crippen molar-refractivity contribution in [3.63, 3.8) is 0 Å². The molecule has 5 atom stereocenters. The summed E-state index contributed by atoms with van der Waals surface area (Å²) in [6.45, 7) is 7.33. The number of rotatable bonds is 85. The van der Waals surface area contributed by atoms with Crippen LogP contribution < -0.4 is 0 Å². The van der Waals surface area contributed by atoms with Crippen molar-refractivity contribution >= 4 is 39.5 Å². The van der Waals surface area contributed by atoms with E-state index in [0.29, 0.717) is 25.7 Å². The lowest BCUT2D eigenvalue weighted by Gasteiger charge is -2.21. The number of aliphatic hydroxyl groups is 1. The standard InChI is InChI=1S/C85H166O17P2/c1-6-9-12-15-18-21-24-27-30-33-36-38-41-44-47-53-58-63-68-82(87)95-74-80(101-84(89)70-66-61-56-49-46-43-40-37-34-31-28-25-22-19-16-13-10-7-2)76-99-103(91,92)97-72-79(86)73-98-104(93,94)100-77-81(75-96-83(88)69-64-59-54-51-50-52-57-62-67-78(4)5)102-85(90)71-65-60-55-48-45-42-39-35-32-29-26-23-20-17-14-11-8-3/h78-81,86H,6-77H2,1-5H3,(H,91,92)(H,93,94)/t79-,80-,81-/m1/s1. The number of unbranched alkanes of at least 4 members (excludes halogenated alkanes) is 57. The lowest BCUT2D eigenvalue weighted by molar-refractivity contribution is -0.161. The van der Waals surface area contributed by atoms with Gasteiger partial charge in [-0.05, 0) is 31.6 Å². The van der Waals surface area contributed by atoms with Gasteiger partial charge in [0.2, 0.25) is 0 Å². The molecule has 0 aliphatic carbocycles. The van der Waals surface area contributed by atoms with Crippen molar-refractivity contribution in [3.05, 3.63) is 0 Å². The van der Waals surface area contributed by atoms with E-state index in [1.807, 2.05) is 0 Å². The van der Waals surface area contributed by atoms with Gasteiger partial charge in [0.05, 0.1) is 26.4 Å². The Labute approximate surface area is 638 Å². The van der Waals surface area contributed by atoms with Gasteiger partial charge < -0.3 is 33.8 Å². The number of aliphatic hydroxyl groups excluding tert-OH is 1. The van der Waals surface area contributed by atoms with Gasteiger partial charge in [0.25, 0.3) is 0 Å². The van der Waals surface area contributed by atoms with Crippen LogP contribution >= 0.6 is 15.6 Å². The third-order valence-electron chi connectivity index (χ3n) is 20.0. The second-order valence-corrected chi connectivity index (χ2v) is 34.0. The van der Waals surface area contributed by atoms with Gasteiger partial charge in [-0.2, -0.15) is 0 Å². The first-order valence-corrected chi connectivity index (χ1v) is 47.1.